The Labute approximate surface area is 102 Å². The minimum absolute atomic E-state index is 0.111. The van der Waals surface area contributed by atoms with Gasteiger partial charge in [-0.2, -0.15) is 5.10 Å². The maximum absolute atomic E-state index is 13.2. The van der Waals surface area contributed by atoms with Gasteiger partial charge in [-0.1, -0.05) is 17.7 Å². The van der Waals surface area contributed by atoms with Crippen LogP contribution in [0.5, 0.6) is 0 Å². The number of nitrogens with zero attached hydrogens (tertiary/aromatic N) is 3. The molecule has 1 heterocycles. The van der Waals surface area contributed by atoms with E-state index >= 15 is 0 Å². The van der Waals surface area contributed by atoms with Crippen LogP contribution in [0.4, 0.5) is 4.39 Å². The summed E-state index contributed by atoms with van der Waals surface area (Å²) in [5, 5.41) is 4.11. The highest BCUT2D eigenvalue weighted by Crippen LogP contribution is 2.16. The van der Waals surface area contributed by atoms with Gasteiger partial charge in [0, 0.05) is 0 Å². The predicted molar refractivity (Wildman–Crippen MR) is 60.1 cm³/mol. The van der Waals surface area contributed by atoms with Gasteiger partial charge in [-0.15, -0.1) is 11.6 Å². The van der Waals surface area contributed by atoms with Gasteiger partial charge in [-0.3, -0.25) is 0 Å². The van der Waals surface area contributed by atoms with Crippen LogP contribution < -0.4 is 0 Å². The van der Waals surface area contributed by atoms with Gasteiger partial charge >= 0.3 is 0 Å². The summed E-state index contributed by atoms with van der Waals surface area (Å²) in [7, 11) is 0. The first-order valence-corrected chi connectivity index (χ1v) is 5.48. The normalized spacial score (nSPS) is 10.7. The van der Waals surface area contributed by atoms with Gasteiger partial charge in [0.25, 0.3) is 0 Å². The first-order valence-electron chi connectivity index (χ1n) is 4.57. The van der Waals surface area contributed by atoms with E-state index in [0.29, 0.717) is 12.4 Å². The fraction of sp³-hybridized carbons (Fsp3) is 0.200. The molecule has 0 bridgehead atoms. The second kappa shape index (κ2) is 4.80. The van der Waals surface area contributed by atoms with Crippen molar-refractivity contribution in [2.24, 2.45) is 0 Å². The Balaban J connectivity index is 2.24. The lowest BCUT2D eigenvalue weighted by molar-refractivity contribution is 0.615. The smallest absolute Gasteiger partial charge is 0.142 e. The lowest BCUT2D eigenvalue weighted by Crippen LogP contribution is -2.05. The summed E-state index contributed by atoms with van der Waals surface area (Å²) in [5.74, 6) is 0.486. The molecular formula is C10H8Cl2FN3. The van der Waals surface area contributed by atoms with E-state index in [1.165, 1.54) is 18.5 Å². The molecule has 84 valence electrons. The molecule has 0 spiro atoms. The molecule has 0 saturated heterocycles. The summed E-state index contributed by atoms with van der Waals surface area (Å²) in [4.78, 5) is 3.97. The third-order valence-electron chi connectivity index (χ3n) is 2.13. The molecule has 0 fully saturated rings. The number of rotatable bonds is 3. The zero-order valence-corrected chi connectivity index (χ0v) is 9.71. The molecule has 6 heteroatoms. The quantitative estimate of drug-likeness (QED) is 0.794. The van der Waals surface area contributed by atoms with Gasteiger partial charge in [0.05, 0.1) is 17.4 Å². The molecule has 16 heavy (non-hydrogen) atoms. The van der Waals surface area contributed by atoms with Crippen molar-refractivity contribution in [3.05, 3.63) is 46.8 Å². The van der Waals surface area contributed by atoms with Crippen molar-refractivity contribution in [1.29, 1.82) is 0 Å². The molecule has 2 rings (SSSR count). The van der Waals surface area contributed by atoms with E-state index < -0.39 is 5.82 Å². The van der Waals surface area contributed by atoms with Crippen LogP contribution in [-0.2, 0) is 12.4 Å². The van der Waals surface area contributed by atoms with Crippen molar-refractivity contribution in [2.45, 2.75) is 12.4 Å². The zero-order valence-electron chi connectivity index (χ0n) is 8.20. The van der Waals surface area contributed by atoms with Crippen molar-refractivity contribution in [3.8, 4) is 0 Å². The monoisotopic (exact) mass is 259 g/mol. The van der Waals surface area contributed by atoms with E-state index in [4.69, 9.17) is 23.2 Å². The molecule has 0 aliphatic heterocycles. The fourth-order valence-electron chi connectivity index (χ4n) is 1.33. The largest absolute Gasteiger partial charge is 0.244 e. The summed E-state index contributed by atoms with van der Waals surface area (Å²) in [5.41, 5.74) is 0.763. The number of halogens is 3. The number of aromatic nitrogens is 3. The Morgan fingerprint density at radius 3 is 2.88 bits per heavy atom. The maximum Gasteiger partial charge on any atom is 0.142 e. The minimum atomic E-state index is -0.438. The molecule has 0 N–H and O–H groups in total. The predicted octanol–water partition coefficient (Wildman–Crippen LogP) is 2.86. The van der Waals surface area contributed by atoms with Crippen molar-refractivity contribution in [2.75, 3.05) is 0 Å². The third kappa shape index (κ3) is 2.33. The van der Waals surface area contributed by atoms with Crippen LogP contribution in [0.25, 0.3) is 0 Å². The van der Waals surface area contributed by atoms with Crippen LogP contribution in [0.15, 0.2) is 24.5 Å². The fourth-order valence-corrected chi connectivity index (χ4v) is 1.66. The van der Waals surface area contributed by atoms with Crippen LogP contribution in [0.2, 0.25) is 5.02 Å². The second-order valence-electron chi connectivity index (χ2n) is 3.22. The van der Waals surface area contributed by atoms with Gasteiger partial charge in [-0.25, -0.2) is 14.1 Å². The molecule has 1 aromatic carbocycles. The summed E-state index contributed by atoms with van der Waals surface area (Å²) >= 11 is 11.3. The summed E-state index contributed by atoms with van der Waals surface area (Å²) in [6.45, 7) is 0.427. The first-order chi connectivity index (χ1) is 7.70. The number of hydrogen-bond donors (Lipinski definition) is 0. The zero-order chi connectivity index (χ0) is 11.5. The SMILES string of the molecule is Fc1cc(Cn2ncnc2CCl)ccc1Cl. The van der Waals surface area contributed by atoms with Crippen molar-refractivity contribution in [3.63, 3.8) is 0 Å². The molecule has 0 unspecified atom stereocenters. The van der Waals surface area contributed by atoms with Crippen LogP contribution in [0.3, 0.4) is 0 Å². The molecule has 0 saturated carbocycles. The minimum Gasteiger partial charge on any atom is -0.244 e. The van der Waals surface area contributed by atoms with Gasteiger partial charge in [-0.05, 0) is 17.7 Å². The lowest BCUT2D eigenvalue weighted by atomic mass is 10.2. The van der Waals surface area contributed by atoms with Crippen molar-refractivity contribution < 1.29 is 4.39 Å². The van der Waals surface area contributed by atoms with Crippen LogP contribution in [0, 0.1) is 5.82 Å². The summed E-state index contributed by atoms with van der Waals surface area (Å²) in [6.07, 6.45) is 1.42. The van der Waals surface area contributed by atoms with Crippen LogP contribution in [0.1, 0.15) is 11.4 Å². The average molecular weight is 260 g/mol. The Kier molecular flexibility index (Phi) is 3.41. The Hall–Kier alpha value is -1.13. The van der Waals surface area contributed by atoms with E-state index in [0.717, 1.165) is 5.56 Å². The van der Waals surface area contributed by atoms with Crippen molar-refractivity contribution >= 4 is 23.2 Å². The van der Waals surface area contributed by atoms with E-state index in [-0.39, 0.29) is 10.9 Å². The molecule has 0 amide bonds. The molecule has 0 radical (unpaired) electrons. The van der Waals surface area contributed by atoms with E-state index in [1.54, 1.807) is 10.7 Å². The number of hydrogen-bond acceptors (Lipinski definition) is 2. The maximum atomic E-state index is 13.2. The van der Waals surface area contributed by atoms with Gasteiger partial charge in [0.1, 0.15) is 18.0 Å². The Morgan fingerprint density at radius 1 is 1.38 bits per heavy atom. The highest BCUT2D eigenvalue weighted by Gasteiger charge is 2.05. The van der Waals surface area contributed by atoms with Gasteiger partial charge < -0.3 is 0 Å². The van der Waals surface area contributed by atoms with E-state index in [1.807, 2.05) is 0 Å². The molecule has 1 aromatic heterocycles. The third-order valence-corrected chi connectivity index (χ3v) is 2.68. The average Bonchev–Trinajstić information content (AvgIpc) is 2.71. The number of benzene rings is 1. The molecule has 0 atom stereocenters. The molecular weight excluding hydrogens is 252 g/mol. The van der Waals surface area contributed by atoms with Crippen molar-refractivity contribution in [1.82, 2.24) is 14.8 Å². The summed E-state index contributed by atoms with van der Waals surface area (Å²) < 4.78 is 14.8. The second-order valence-corrected chi connectivity index (χ2v) is 3.89. The first kappa shape index (κ1) is 11.4. The van der Waals surface area contributed by atoms with Crippen LogP contribution in [-0.4, -0.2) is 14.8 Å². The molecule has 0 aliphatic carbocycles. The molecule has 0 aliphatic rings. The lowest BCUT2D eigenvalue weighted by Gasteiger charge is -2.04. The Morgan fingerprint density at radius 2 is 2.19 bits per heavy atom. The Bertz CT molecular complexity index is 499. The van der Waals surface area contributed by atoms with Gasteiger partial charge in [0.15, 0.2) is 0 Å². The highest BCUT2D eigenvalue weighted by molar-refractivity contribution is 6.30. The summed E-state index contributed by atoms with van der Waals surface area (Å²) in [6, 6.07) is 4.64. The van der Waals surface area contributed by atoms with E-state index in [9.17, 15) is 4.39 Å². The molecule has 2 aromatic rings. The topological polar surface area (TPSA) is 30.7 Å². The number of alkyl halides is 1. The van der Waals surface area contributed by atoms with Crippen LogP contribution >= 0.6 is 23.2 Å². The molecule has 3 nitrogen and oxygen atoms in total. The standard InChI is InChI=1S/C10H8Cl2FN3/c11-4-10-14-6-15-16(10)5-7-1-2-8(12)9(13)3-7/h1-3,6H,4-5H2. The highest BCUT2D eigenvalue weighted by atomic mass is 35.5. The van der Waals surface area contributed by atoms with Gasteiger partial charge in [0.2, 0.25) is 0 Å². The van der Waals surface area contributed by atoms with E-state index in [2.05, 4.69) is 10.1 Å².